The van der Waals surface area contributed by atoms with Crippen LogP contribution < -0.4 is 9.64 Å². The van der Waals surface area contributed by atoms with Crippen LogP contribution in [0.3, 0.4) is 0 Å². The highest BCUT2D eigenvalue weighted by Gasteiger charge is 2.26. The smallest absolute Gasteiger partial charge is 0.254 e. The lowest BCUT2D eigenvalue weighted by Crippen LogP contribution is -2.49. The van der Waals surface area contributed by atoms with E-state index in [1.165, 1.54) is 29.0 Å². The third kappa shape index (κ3) is 4.97. The Hall–Kier alpha value is -3.52. The monoisotopic (exact) mass is 532 g/mol. The van der Waals surface area contributed by atoms with Gasteiger partial charge in [0.05, 0.1) is 13.3 Å². The van der Waals surface area contributed by atoms with Crippen molar-refractivity contribution in [3.05, 3.63) is 70.2 Å². The van der Waals surface area contributed by atoms with Crippen molar-refractivity contribution in [3.8, 4) is 16.9 Å². The number of piperazine rings is 1. The number of fused-ring (bicyclic) bond motifs is 1. The van der Waals surface area contributed by atoms with Crippen molar-refractivity contribution < 1.29 is 13.9 Å². The number of anilines is 1. The van der Waals surface area contributed by atoms with Gasteiger partial charge in [0.25, 0.3) is 5.91 Å². The van der Waals surface area contributed by atoms with E-state index < -0.39 is 5.82 Å². The largest absolute Gasteiger partial charge is 0.493 e. The Morgan fingerprint density at radius 3 is 2.55 bits per heavy atom. The average molecular weight is 533 g/mol. The number of thiophene rings is 1. The predicted molar refractivity (Wildman–Crippen MR) is 152 cm³/mol. The SMILES string of the molecule is CCc1nc(C)ccc1-c1cc(C(=O)N2CCN(c3ncc(F)cc3OC)CC2)cc2cc(C(C)C)sc12. The number of nitrogens with zero attached hydrogens (tertiary/aromatic N) is 4. The minimum atomic E-state index is -0.435. The van der Waals surface area contributed by atoms with Crippen molar-refractivity contribution in [1.29, 1.82) is 0 Å². The lowest BCUT2D eigenvalue weighted by molar-refractivity contribution is 0.0746. The fourth-order valence-corrected chi connectivity index (χ4v) is 6.18. The zero-order valence-electron chi connectivity index (χ0n) is 22.5. The molecule has 0 saturated carbocycles. The van der Waals surface area contributed by atoms with Gasteiger partial charge in [0.1, 0.15) is 5.82 Å². The molecule has 0 radical (unpaired) electrons. The summed E-state index contributed by atoms with van der Waals surface area (Å²) in [4.78, 5) is 28.1. The molecule has 3 aromatic heterocycles. The molecule has 4 aromatic rings. The Kier molecular flexibility index (Phi) is 7.34. The molecule has 1 aliphatic heterocycles. The number of aryl methyl sites for hydroxylation is 2. The molecule has 0 spiro atoms. The number of benzene rings is 1. The molecular weight excluding hydrogens is 499 g/mol. The number of ether oxygens (including phenoxy) is 1. The molecule has 1 aliphatic rings. The lowest BCUT2D eigenvalue weighted by atomic mass is 9.97. The minimum absolute atomic E-state index is 0.0160. The van der Waals surface area contributed by atoms with Crippen molar-refractivity contribution in [2.24, 2.45) is 0 Å². The molecule has 1 saturated heterocycles. The first-order valence-electron chi connectivity index (χ1n) is 13.1. The van der Waals surface area contributed by atoms with Crippen molar-refractivity contribution in [2.75, 3.05) is 38.2 Å². The van der Waals surface area contributed by atoms with E-state index in [0.717, 1.165) is 34.3 Å². The Balaban J connectivity index is 1.47. The number of rotatable bonds is 6. The van der Waals surface area contributed by atoms with Gasteiger partial charge in [0.15, 0.2) is 11.6 Å². The van der Waals surface area contributed by atoms with Crippen LogP contribution in [0.15, 0.2) is 42.6 Å². The quantitative estimate of drug-likeness (QED) is 0.285. The van der Waals surface area contributed by atoms with Gasteiger partial charge in [0.2, 0.25) is 0 Å². The fraction of sp³-hybridized carbons (Fsp3) is 0.367. The predicted octanol–water partition coefficient (Wildman–Crippen LogP) is 6.46. The van der Waals surface area contributed by atoms with Crippen LogP contribution in [-0.4, -0.2) is 54.1 Å². The number of carbonyl (C=O) groups excluding carboxylic acids is 1. The molecule has 198 valence electrons. The van der Waals surface area contributed by atoms with E-state index in [9.17, 15) is 9.18 Å². The van der Waals surface area contributed by atoms with Crippen LogP contribution in [0.4, 0.5) is 10.2 Å². The summed E-state index contributed by atoms with van der Waals surface area (Å²) in [5.41, 5.74) is 4.90. The van der Waals surface area contributed by atoms with Gasteiger partial charge in [-0.05, 0) is 48.9 Å². The first kappa shape index (κ1) is 26.1. The maximum absolute atomic E-state index is 13.8. The van der Waals surface area contributed by atoms with Crippen molar-refractivity contribution in [1.82, 2.24) is 14.9 Å². The first-order chi connectivity index (χ1) is 18.3. The number of hydrogen-bond acceptors (Lipinski definition) is 6. The van der Waals surface area contributed by atoms with Gasteiger partial charge < -0.3 is 14.5 Å². The summed E-state index contributed by atoms with van der Waals surface area (Å²) in [5.74, 6) is 0.989. The van der Waals surface area contributed by atoms with E-state index in [0.29, 0.717) is 49.2 Å². The zero-order valence-corrected chi connectivity index (χ0v) is 23.4. The van der Waals surface area contributed by atoms with E-state index in [-0.39, 0.29) is 5.91 Å². The summed E-state index contributed by atoms with van der Waals surface area (Å²) < 4.78 is 20.2. The number of hydrogen-bond donors (Lipinski definition) is 0. The molecule has 0 aliphatic carbocycles. The van der Waals surface area contributed by atoms with Crippen LogP contribution in [-0.2, 0) is 6.42 Å². The van der Waals surface area contributed by atoms with E-state index in [1.807, 2.05) is 34.9 Å². The molecular formula is C30H33FN4O2S. The highest BCUT2D eigenvalue weighted by Crippen LogP contribution is 2.40. The standard InChI is InChI=1S/C30H33FN4O2S/c1-6-25-23(8-7-19(4)33-25)24-14-21(13-20-15-27(18(2)3)38-28(20)24)30(36)35-11-9-34(10-12-35)29-26(37-5)16-22(31)17-32-29/h7-8,13-18H,6,9-12H2,1-5H3. The molecule has 0 N–H and O–H groups in total. The third-order valence-corrected chi connectivity index (χ3v) is 8.56. The molecule has 5 rings (SSSR count). The van der Waals surface area contributed by atoms with Gasteiger partial charge in [0, 0.05) is 69.9 Å². The molecule has 38 heavy (non-hydrogen) atoms. The number of carbonyl (C=O) groups is 1. The molecule has 1 aromatic carbocycles. The van der Waals surface area contributed by atoms with Crippen molar-refractivity contribution >= 4 is 33.1 Å². The molecule has 0 atom stereocenters. The summed E-state index contributed by atoms with van der Waals surface area (Å²) in [6, 6.07) is 11.8. The Labute approximate surface area is 227 Å². The third-order valence-electron chi connectivity index (χ3n) is 7.08. The second-order valence-electron chi connectivity index (χ2n) is 10.0. The zero-order chi connectivity index (χ0) is 27.0. The van der Waals surface area contributed by atoms with E-state index in [4.69, 9.17) is 9.72 Å². The van der Waals surface area contributed by atoms with Gasteiger partial charge in [-0.25, -0.2) is 9.37 Å². The van der Waals surface area contributed by atoms with Gasteiger partial charge >= 0.3 is 0 Å². The Morgan fingerprint density at radius 2 is 1.87 bits per heavy atom. The van der Waals surface area contributed by atoms with E-state index in [1.54, 1.807) is 11.3 Å². The maximum atomic E-state index is 13.8. The molecule has 8 heteroatoms. The number of pyridine rings is 2. The molecule has 0 bridgehead atoms. The molecule has 4 heterocycles. The summed E-state index contributed by atoms with van der Waals surface area (Å²) in [6.45, 7) is 10.8. The molecule has 0 unspecified atom stereocenters. The highest BCUT2D eigenvalue weighted by molar-refractivity contribution is 7.19. The fourth-order valence-electron chi connectivity index (χ4n) is 5.01. The van der Waals surface area contributed by atoms with Crippen LogP contribution in [0.2, 0.25) is 0 Å². The second kappa shape index (κ2) is 10.7. The van der Waals surface area contributed by atoms with Gasteiger partial charge in [-0.3, -0.25) is 9.78 Å². The topological polar surface area (TPSA) is 58.6 Å². The molecule has 1 fully saturated rings. The second-order valence-corrected chi connectivity index (χ2v) is 11.1. The molecule has 1 amide bonds. The summed E-state index contributed by atoms with van der Waals surface area (Å²) >= 11 is 1.80. The first-order valence-corrected chi connectivity index (χ1v) is 13.9. The van der Waals surface area contributed by atoms with E-state index in [2.05, 4.69) is 37.9 Å². The van der Waals surface area contributed by atoms with Gasteiger partial charge in [-0.2, -0.15) is 0 Å². The Morgan fingerprint density at radius 1 is 1.11 bits per heavy atom. The van der Waals surface area contributed by atoms with Crippen molar-refractivity contribution in [3.63, 3.8) is 0 Å². The van der Waals surface area contributed by atoms with Crippen LogP contribution >= 0.6 is 11.3 Å². The van der Waals surface area contributed by atoms with Gasteiger partial charge in [-0.15, -0.1) is 11.3 Å². The number of amides is 1. The normalized spacial score (nSPS) is 14.0. The minimum Gasteiger partial charge on any atom is -0.493 e. The Bertz CT molecular complexity index is 1490. The summed E-state index contributed by atoms with van der Waals surface area (Å²) in [6.07, 6.45) is 2.02. The van der Waals surface area contributed by atoms with Crippen LogP contribution in [0.1, 0.15) is 53.3 Å². The van der Waals surface area contributed by atoms with Gasteiger partial charge in [-0.1, -0.05) is 26.8 Å². The number of halogens is 1. The van der Waals surface area contributed by atoms with Crippen LogP contribution in [0, 0.1) is 12.7 Å². The van der Waals surface area contributed by atoms with Crippen LogP contribution in [0.25, 0.3) is 21.2 Å². The van der Waals surface area contributed by atoms with Crippen molar-refractivity contribution in [2.45, 2.75) is 40.0 Å². The van der Waals surface area contributed by atoms with E-state index >= 15 is 0 Å². The maximum Gasteiger partial charge on any atom is 0.254 e. The summed E-state index contributed by atoms with van der Waals surface area (Å²) in [5, 5.41) is 1.10. The summed E-state index contributed by atoms with van der Waals surface area (Å²) in [7, 11) is 1.51. The average Bonchev–Trinajstić information content (AvgIpc) is 3.37. The highest BCUT2D eigenvalue weighted by atomic mass is 32.1. The lowest BCUT2D eigenvalue weighted by Gasteiger charge is -2.36. The van der Waals surface area contributed by atoms with Crippen LogP contribution in [0.5, 0.6) is 5.75 Å². The number of aromatic nitrogens is 2. The molecule has 6 nitrogen and oxygen atoms in total. The number of methoxy groups -OCH3 is 1.